The summed E-state index contributed by atoms with van der Waals surface area (Å²) in [5, 5.41) is 3.95. The number of benzene rings is 1. The first kappa shape index (κ1) is 17.1. The fraction of sp³-hybridized carbons (Fsp3) is 0.562. The highest BCUT2D eigenvalue weighted by molar-refractivity contribution is 6.30. The van der Waals surface area contributed by atoms with Crippen LogP contribution in [0.2, 0.25) is 5.02 Å². The van der Waals surface area contributed by atoms with Gasteiger partial charge in [-0.3, -0.25) is 4.79 Å². The third kappa shape index (κ3) is 5.83. The fourth-order valence-corrected chi connectivity index (χ4v) is 2.34. The summed E-state index contributed by atoms with van der Waals surface area (Å²) in [5.74, 6) is 0.731. The number of ether oxygens (including phenoxy) is 2. The zero-order chi connectivity index (χ0) is 15.8. The molecule has 6 heteroatoms. The van der Waals surface area contributed by atoms with Gasteiger partial charge in [0.25, 0.3) is 0 Å². The maximum atomic E-state index is 12.0. The van der Waals surface area contributed by atoms with Crippen molar-refractivity contribution in [1.29, 1.82) is 0 Å². The van der Waals surface area contributed by atoms with Crippen molar-refractivity contribution in [2.24, 2.45) is 0 Å². The third-order valence-corrected chi connectivity index (χ3v) is 3.92. The molecule has 0 aliphatic carbocycles. The number of rotatable bonds is 7. The van der Waals surface area contributed by atoms with Gasteiger partial charge < -0.3 is 19.7 Å². The van der Waals surface area contributed by atoms with Crippen LogP contribution in [0.3, 0.4) is 0 Å². The number of nitrogens with one attached hydrogen (secondary N) is 1. The molecule has 1 amide bonds. The van der Waals surface area contributed by atoms with Crippen LogP contribution in [0.15, 0.2) is 24.3 Å². The molecule has 1 N–H and O–H groups in total. The summed E-state index contributed by atoms with van der Waals surface area (Å²) < 4.78 is 11.2. The van der Waals surface area contributed by atoms with E-state index < -0.39 is 0 Å². The van der Waals surface area contributed by atoms with Gasteiger partial charge in [-0.1, -0.05) is 11.6 Å². The van der Waals surface area contributed by atoms with Crippen molar-refractivity contribution in [1.82, 2.24) is 10.2 Å². The third-order valence-electron chi connectivity index (χ3n) is 3.66. The van der Waals surface area contributed by atoms with Crippen LogP contribution in [-0.2, 0) is 9.53 Å². The Kier molecular flexibility index (Phi) is 6.96. The second-order valence-corrected chi connectivity index (χ2v) is 5.81. The minimum atomic E-state index is -0.0155. The predicted molar refractivity (Wildman–Crippen MR) is 86.4 cm³/mol. The smallest absolute Gasteiger partial charge is 0.248 e. The second kappa shape index (κ2) is 8.98. The Balaban J connectivity index is 1.62. The van der Waals surface area contributed by atoms with Crippen LogP contribution >= 0.6 is 11.6 Å². The zero-order valence-electron chi connectivity index (χ0n) is 12.9. The maximum Gasteiger partial charge on any atom is 0.248 e. The monoisotopic (exact) mass is 326 g/mol. The number of carbonyl (C=O) groups excluding carboxylic acids is 1. The van der Waals surface area contributed by atoms with E-state index in [4.69, 9.17) is 21.1 Å². The molecule has 1 heterocycles. The van der Waals surface area contributed by atoms with Gasteiger partial charge in [-0.05, 0) is 50.2 Å². The fourth-order valence-electron chi connectivity index (χ4n) is 2.22. The molecule has 1 aromatic rings. The van der Waals surface area contributed by atoms with Crippen LogP contribution in [0.4, 0.5) is 0 Å². The number of nitrogens with zero attached hydrogens (tertiary/aromatic N) is 1. The van der Waals surface area contributed by atoms with E-state index in [-0.39, 0.29) is 18.6 Å². The zero-order valence-corrected chi connectivity index (χ0v) is 13.6. The molecular weight excluding hydrogens is 304 g/mol. The molecule has 0 unspecified atom stereocenters. The average Bonchev–Trinajstić information content (AvgIpc) is 2.55. The van der Waals surface area contributed by atoms with Crippen molar-refractivity contribution in [2.75, 3.05) is 39.9 Å². The summed E-state index contributed by atoms with van der Waals surface area (Å²) in [4.78, 5) is 13.6. The number of likely N-dealkylation sites (N-methyl/N-ethyl adjacent to an activating group) is 1. The molecule has 1 aliphatic rings. The molecule has 0 atom stereocenters. The molecule has 1 fully saturated rings. The van der Waals surface area contributed by atoms with E-state index in [9.17, 15) is 4.79 Å². The molecule has 122 valence electrons. The number of halogens is 1. The number of hydrogen-bond donors (Lipinski definition) is 1. The molecule has 0 saturated carbocycles. The van der Waals surface area contributed by atoms with Crippen LogP contribution in [0.1, 0.15) is 12.8 Å². The Morgan fingerprint density at radius 1 is 1.32 bits per heavy atom. The molecule has 1 saturated heterocycles. The summed E-state index contributed by atoms with van der Waals surface area (Å²) in [5.41, 5.74) is 0. The van der Waals surface area contributed by atoms with E-state index in [0.29, 0.717) is 18.2 Å². The van der Waals surface area contributed by atoms with Gasteiger partial charge in [-0.2, -0.15) is 0 Å². The number of carbonyl (C=O) groups is 1. The van der Waals surface area contributed by atoms with Crippen molar-refractivity contribution in [3.8, 4) is 5.75 Å². The average molecular weight is 327 g/mol. The van der Waals surface area contributed by atoms with Gasteiger partial charge >= 0.3 is 0 Å². The first-order valence-electron chi connectivity index (χ1n) is 7.60. The maximum absolute atomic E-state index is 12.0. The van der Waals surface area contributed by atoms with Gasteiger partial charge in [0.05, 0.1) is 12.6 Å². The highest BCUT2D eigenvalue weighted by Crippen LogP contribution is 2.15. The van der Waals surface area contributed by atoms with Crippen LogP contribution in [0.5, 0.6) is 5.75 Å². The summed E-state index contributed by atoms with van der Waals surface area (Å²) in [7, 11) is 1.76. The van der Waals surface area contributed by atoms with E-state index in [1.165, 1.54) is 0 Å². The van der Waals surface area contributed by atoms with E-state index in [2.05, 4.69) is 5.32 Å². The molecule has 0 radical (unpaired) electrons. The molecule has 22 heavy (non-hydrogen) atoms. The molecule has 2 rings (SSSR count). The van der Waals surface area contributed by atoms with Crippen LogP contribution in [-0.4, -0.2) is 56.8 Å². The van der Waals surface area contributed by atoms with Gasteiger partial charge in [-0.25, -0.2) is 0 Å². The second-order valence-electron chi connectivity index (χ2n) is 5.38. The van der Waals surface area contributed by atoms with Crippen LogP contribution < -0.4 is 10.1 Å². The summed E-state index contributed by atoms with van der Waals surface area (Å²) in [6.45, 7) is 3.03. The summed E-state index contributed by atoms with van der Waals surface area (Å²) >= 11 is 5.81. The standard InChI is InChI=1S/C16H23ClN2O3/c1-19(10-11-21-14-4-2-13(17)3-5-14)16(20)12-22-15-6-8-18-9-7-15/h2-5,15,18H,6-12H2,1H3. The van der Waals surface area contributed by atoms with Crippen molar-refractivity contribution >= 4 is 17.5 Å². The largest absolute Gasteiger partial charge is 0.492 e. The summed E-state index contributed by atoms with van der Waals surface area (Å²) in [6.07, 6.45) is 2.14. The summed E-state index contributed by atoms with van der Waals surface area (Å²) in [6, 6.07) is 7.17. The first-order chi connectivity index (χ1) is 10.6. The van der Waals surface area contributed by atoms with Crippen molar-refractivity contribution in [3.05, 3.63) is 29.3 Å². The SMILES string of the molecule is CN(CCOc1ccc(Cl)cc1)C(=O)COC1CCNCC1. The van der Waals surface area contributed by atoms with Crippen LogP contribution in [0, 0.1) is 0 Å². The molecule has 5 nitrogen and oxygen atoms in total. The van der Waals surface area contributed by atoms with Gasteiger partial charge in [-0.15, -0.1) is 0 Å². The van der Waals surface area contributed by atoms with E-state index in [1.807, 2.05) is 12.1 Å². The molecule has 0 spiro atoms. The van der Waals surface area contributed by atoms with Gasteiger partial charge in [0.2, 0.25) is 5.91 Å². The number of hydrogen-bond acceptors (Lipinski definition) is 4. The topological polar surface area (TPSA) is 50.8 Å². The lowest BCUT2D eigenvalue weighted by Crippen LogP contribution is -2.37. The molecular formula is C16H23ClN2O3. The lowest BCUT2D eigenvalue weighted by Gasteiger charge is -2.24. The van der Waals surface area contributed by atoms with E-state index in [1.54, 1.807) is 24.1 Å². The minimum Gasteiger partial charge on any atom is -0.492 e. The highest BCUT2D eigenvalue weighted by atomic mass is 35.5. The Morgan fingerprint density at radius 2 is 2.00 bits per heavy atom. The quantitative estimate of drug-likeness (QED) is 0.832. The van der Waals surface area contributed by atoms with Gasteiger partial charge in [0, 0.05) is 12.1 Å². The van der Waals surface area contributed by atoms with Crippen molar-refractivity contribution < 1.29 is 14.3 Å². The normalized spacial score (nSPS) is 15.5. The lowest BCUT2D eigenvalue weighted by molar-refractivity contribution is -0.137. The predicted octanol–water partition coefficient (Wildman–Crippen LogP) is 1.95. The molecule has 1 aromatic carbocycles. The van der Waals surface area contributed by atoms with Crippen molar-refractivity contribution in [3.63, 3.8) is 0 Å². The first-order valence-corrected chi connectivity index (χ1v) is 7.97. The lowest BCUT2D eigenvalue weighted by atomic mass is 10.1. The highest BCUT2D eigenvalue weighted by Gasteiger charge is 2.16. The Bertz CT molecular complexity index is 461. The van der Waals surface area contributed by atoms with Crippen molar-refractivity contribution in [2.45, 2.75) is 18.9 Å². The molecule has 0 aromatic heterocycles. The van der Waals surface area contributed by atoms with Gasteiger partial charge in [0.15, 0.2) is 0 Å². The Hall–Kier alpha value is -1.30. The Morgan fingerprint density at radius 3 is 2.68 bits per heavy atom. The number of amides is 1. The van der Waals surface area contributed by atoms with E-state index in [0.717, 1.165) is 31.7 Å². The molecule has 0 bridgehead atoms. The number of piperidine rings is 1. The molecule has 1 aliphatic heterocycles. The van der Waals surface area contributed by atoms with Gasteiger partial charge in [0.1, 0.15) is 19.0 Å². The van der Waals surface area contributed by atoms with Crippen LogP contribution in [0.25, 0.3) is 0 Å². The Labute approximate surface area is 136 Å². The van der Waals surface area contributed by atoms with E-state index >= 15 is 0 Å². The minimum absolute atomic E-state index is 0.0155.